The number of anilines is 1. The first-order chi connectivity index (χ1) is 10.1. The van der Waals surface area contributed by atoms with Crippen LogP contribution in [0.3, 0.4) is 0 Å². The first-order valence-electron chi connectivity index (χ1n) is 6.28. The van der Waals surface area contributed by atoms with E-state index in [1.54, 1.807) is 25.4 Å². The van der Waals surface area contributed by atoms with E-state index in [4.69, 9.17) is 14.6 Å². The van der Waals surface area contributed by atoms with Gasteiger partial charge in [-0.25, -0.2) is 9.78 Å². The second-order valence-corrected chi connectivity index (χ2v) is 4.28. The Morgan fingerprint density at radius 3 is 2.62 bits per heavy atom. The van der Waals surface area contributed by atoms with Gasteiger partial charge in [-0.15, -0.1) is 0 Å². The normalized spacial score (nSPS) is 10.0. The van der Waals surface area contributed by atoms with E-state index in [0.717, 1.165) is 5.56 Å². The van der Waals surface area contributed by atoms with E-state index in [-0.39, 0.29) is 5.56 Å². The molecular formula is C15H16N2O4. The molecule has 0 aliphatic carbocycles. The van der Waals surface area contributed by atoms with Gasteiger partial charge in [0.1, 0.15) is 5.75 Å². The molecule has 6 heteroatoms. The number of ether oxygens (including phenoxy) is 2. The van der Waals surface area contributed by atoms with Gasteiger partial charge in [-0.3, -0.25) is 0 Å². The molecule has 2 N–H and O–H groups in total. The summed E-state index contributed by atoms with van der Waals surface area (Å²) in [4.78, 5) is 15.1. The number of hydrogen-bond donors (Lipinski definition) is 2. The van der Waals surface area contributed by atoms with Gasteiger partial charge in [0.2, 0.25) is 5.88 Å². The lowest BCUT2D eigenvalue weighted by atomic mass is 10.1. The Morgan fingerprint density at radius 2 is 2.05 bits per heavy atom. The van der Waals surface area contributed by atoms with Crippen LogP contribution in [0.25, 0.3) is 0 Å². The van der Waals surface area contributed by atoms with Gasteiger partial charge >= 0.3 is 5.97 Å². The molecule has 0 atom stereocenters. The molecule has 2 aromatic rings. The molecule has 0 aliphatic heterocycles. The molecule has 0 fully saturated rings. The number of methoxy groups -OCH3 is 2. The van der Waals surface area contributed by atoms with Crippen LogP contribution in [-0.2, 0) is 6.54 Å². The molecule has 1 heterocycles. The van der Waals surface area contributed by atoms with Gasteiger partial charge in [-0.1, -0.05) is 6.07 Å². The van der Waals surface area contributed by atoms with Gasteiger partial charge in [0, 0.05) is 18.8 Å². The molecular weight excluding hydrogens is 272 g/mol. The van der Waals surface area contributed by atoms with Crippen molar-refractivity contribution in [3.05, 3.63) is 47.7 Å². The molecule has 0 radical (unpaired) electrons. The SMILES string of the molecule is COc1ccc(CNc2cc(C(=O)O)ccc2OC)cn1. The number of benzene rings is 1. The Hall–Kier alpha value is -2.76. The van der Waals surface area contributed by atoms with E-state index >= 15 is 0 Å². The van der Waals surface area contributed by atoms with Crippen molar-refractivity contribution in [3.8, 4) is 11.6 Å². The van der Waals surface area contributed by atoms with Crippen molar-refractivity contribution in [3.63, 3.8) is 0 Å². The van der Waals surface area contributed by atoms with Crippen molar-refractivity contribution in [2.24, 2.45) is 0 Å². The lowest BCUT2D eigenvalue weighted by Crippen LogP contribution is -2.04. The average molecular weight is 288 g/mol. The lowest BCUT2D eigenvalue weighted by Gasteiger charge is -2.12. The number of rotatable bonds is 6. The largest absolute Gasteiger partial charge is 0.495 e. The second-order valence-electron chi connectivity index (χ2n) is 4.28. The minimum Gasteiger partial charge on any atom is -0.495 e. The summed E-state index contributed by atoms with van der Waals surface area (Å²) in [6, 6.07) is 8.31. The molecule has 6 nitrogen and oxygen atoms in total. The summed E-state index contributed by atoms with van der Waals surface area (Å²) in [5, 5.41) is 12.2. The number of nitrogens with zero attached hydrogens (tertiary/aromatic N) is 1. The number of hydrogen-bond acceptors (Lipinski definition) is 5. The van der Waals surface area contributed by atoms with E-state index in [9.17, 15) is 4.79 Å². The Balaban J connectivity index is 2.13. The fraction of sp³-hybridized carbons (Fsp3) is 0.200. The van der Waals surface area contributed by atoms with E-state index < -0.39 is 5.97 Å². The predicted molar refractivity (Wildman–Crippen MR) is 78.1 cm³/mol. The monoisotopic (exact) mass is 288 g/mol. The number of nitrogens with one attached hydrogen (secondary N) is 1. The van der Waals surface area contributed by atoms with Crippen molar-refractivity contribution in [2.75, 3.05) is 19.5 Å². The Bertz CT molecular complexity index is 626. The Kier molecular flexibility index (Phi) is 4.61. The molecule has 0 saturated carbocycles. The number of pyridine rings is 1. The topological polar surface area (TPSA) is 80.7 Å². The fourth-order valence-electron chi connectivity index (χ4n) is 1.81. The van der Waals surface area contributed by atoms with Crippen molar-refractivity contribution >= 4 is 11.7 Å². The van der Waals surface area contributed by atoms with E-state index in [0.29, 0.717) is 23.9 Å². The minimum absolute atomic E-state index is 0.200. The third-order valence-electron chi connectivity index (χ3n) is 2.94. The molecule has 0 amide bonds. The zero-order chi connectivity index (χ0) is 15.2. The van der Waals surface area contributed by atoms with Gasteiger partial charge < -0.3 is 19.9 Å². The Labute approximate surface area is 122 Å². The number of carbonyl (C=O) groups is 1. The molecule has 0 unspecified atom stereocenters. The fourth-order valence-corrected chi connectivity index (χ4v) is 1.81. The Morgan fingerprint density at radius 1 is 1.24 bits per heavy atom. The zero-order valence-corrected chi connectivity index (χ0v) is 11.8. The third kappa shape index (κ3) is 3.62. The van der Waals surface area contributed by atoms with Crippen LogP contribution in [0, 0.1) is 0 Å². The molecule has 0 spiro atoms. The predicted octanol–water partition coefficient (Wildman–Crippen LogP) is 2.41. The number of carboxylic acid groups (broad SMARTS) is 1. The average Bonchev–Trinajstić information content (AvgIpc) is 2.53. The summed E-state index contributed by atoms with van der Waals surface area (Å²) in [5.41, 5.74) is 1.76. The maximum absolute atomic E-state index is 11.0. The van der Waals surface area contributed by atoms with Crippen LogP contribution in [0.1, 0.15) is 15.9 Å². The molecule has 110 valence electrons. The standard InChI is InChI=1S/C15H16N2O4/c1-20-13-5-4-11(15(18)19)7-12(13)16-8-10-3-6-14(21-2)17-9-10/h3-7,9,16H,8H2,1-2H3,(H,18,19). The quantitative estimate of drug-likeness (QED) is 0.849. The van der Waals surface area contributed by atoms with Gasteiger partial charge in [0.25, 0.3) is 0 Å². The van der Waals surface area contributed by atoms with Crippen LogP contribution in [0.2, 0.25) is 0 Å². The first-order valence-corrected chi connectivity index (χ1v) is 6.28. The molecule has 0 saturated heterocycles. The molecule has 0 bridgehead atoms. The van der Waals surface area contributed by atoms with Gasteiger partial charge in [0.15, 0.2) is 0 Å². The van der Waals surface area contributed by atoms with Crippen molar-refractivity contribution in [2.45, 2.75) is 6.54 Å². The summed E-state index contributed by atoms with van der Waals surface area (Å²) < 4.78 is 10.2. The summed E-state index contributed by atoms with van der Waals surface area (Å²) in [7, 11) is 3.10. The number of aromatic carboxylic acids is 1. The smallest absolute Gasteiger partial charge is 0.335 e. The van der Waals surface area contributed by atoms with Crippen LogP contribution >= 0.6 is 0 Å². The molecule has 1 aromatic heterocycles. The highest BCUT2D eigenvalue weighted by Crippen LogP contribution is 2.26. The third-order valence-corrected chi connectivity index (χ3v) is 2.94. The van der Waals surface area contributed by atoms with E-state index in [1.807, 2.05) is 6.07 Å². The summed E-state index contributed by atoms with van der Waals surface area (Å²) >= 11 is 0. The van der Waals surface area contributed by atoms with Crippen LogP contribution in [0.4, 0.5) is 5.69 Å². The molecule has 0 aliphatic rings. The molecule has 2 rings (SSSR count). The van der Waals surface area contributed by atoms with Crippen molar-refractivity contribution < 1.29 is 19.4 Å². The minimum atomic E-state index is -0.980. The summed E-state index contributed by atoms with van der Waals surface area (Å²) in [6.07, 6.45) is 1.69. The van der Waals surface area contributed by atoms with Gasteiger partial charge in [-0.05, 0) is 23.8 Å². The van der Waals surface area contributed by atoms with Crippen LogP contribution in [0.5, 0.6) is 11.6 Å². The highest BCUT2D eigenvalue weighted by Gasteiger charge is 2.08. The number of carboxylic acids is 1. The highest BCUT2D eigenvalue weighted by molar-refractivity contribution is 5.89. The van der Waals surface area contributed by atoms with Gasteiger partial charge in [-0.2, -0.15) is 0 Å². The van der Waals surface area contributed by atoms with Crippen LogP contribution < -0.4 is 14.8 Å². The lowest BCUT2D eigenvalue weighted by molar-refractivity contribution is 0.0697. The van der Waals surface area contributed by atoms with E-state index in [2.05, 4.69) is 10.3 Å². The second kappa shape index (κ2) is 6.60. The zero-order valence-electron chi connectivity index (χ0n) is 11.8. The van der Waals surface area contributed by atoms with E-state index in [1.165, 1.54) is 19.2 Å². The van der Waals surface area contributed by atoms with Gasteiger partial charge in [0.05, 0.1) is 25.5 Å². The van der Waals surface area contributed by atoms with Crippen molar-refractivity contribution in [1.29, 1.82) is 0 Å². The van der Waals surface area contributed by atoms with Crippen LogP contribution in [-0.4, -0.2) is 30.3 Å². The number of aromatic nitrogens is 1. The summed E-state index contributed by atoms with van der Waals surface area (Å²) in [6.45, 7) is 0.496. The maximum atomic E-state index is 11.0. The molecule has 1 aromatic carbocycles. The molecule has 21 heavy (non-hydrogen) atoms. The highest BCUT2D eigenvalue weighted by atomic mass is 16.5. The van der Waals surface area contributed by atoms with Crippen molar-refractivity contribution in [1.82, 2.24) is 4.98 Å². The summed E-state index contributed by atoms with van der Waals surface area (Å²) in [5.74, 6) is 0.150. The van der Waals surface area contributed by atoms with Crippen LogP contribution in [0.15, 0.2) is 36.5 Å². The first kappa shape index (κ1) is 14.6. The maximum Gasteiger partial charge on any atom is 0.335 e.